The zero-order chi connectivity index (χ0) is 18.5. The van der Waals surface area contributed by atoms with Crippen LogP contribution in [0.1, 0.15) is 36.0 Å². The van der Waals surface area contributed by atoms with E-state index in [4.69, 9.17) is 0 Å². The van der Waals surface area contributed by atoms with Gasteiger partial charge in [0.25, 0.3) is 5.91 Å². The molecule has 0 saturated carbocycles. The Labute approximate surface area is 162 Å². The minimum absolute atomic E-state index is 0.182. The van der Waals surface area contributed by atoms with Gasteiger partial charge >= 0.3 is 0 Å². The zero-order valence-electron chi connectivity index (χ0n) is 16.2. The largest absolute Gasteiger partial charge is 0.336 e. The maximum atomic E-state index is 13.0. The summed E-state index contributed by atoms with van der Waals surface area (Å²) < 4.78 is 0. The maximum Gasteiger partial charge on any atom is 0.254 e. The van der Waals surface area contributed by atoms with E-state index in [9.17, 15) is 4.79 Å². The average Bonchev–Trinajstić information content (AvgIpc) is 2.74. The first-order valence-corrected chi connectivity index (χ1v) is 10.5. The summed E-state index contributed by atoms with van der Waals surface area (Å²) in [5.41, 5.74) is 0.840. The van der Waals surface area contributed by atoms with Crippen LogP contribution in [0.4, 0.5) is 0 Å². The van der Waals surface area contributed by atoms with Gasteiger partial charge in [-0.05, 0) is 68.1 Å². The molecule has 1 N–H and O–H groups in total. The molecule has 2 fully saturated rings. The van der Waals surface area contributed by atoms with Crippen LogP contribution in [0.25, 0.3) is 10.8 Å². The van der Waals surface area contributed by atoms with Crippen molar-refractivity contribution < 1.29 is 4.79 Å². The Kier molecular flexibility index (Phi) is 6.05. The highest BCUT2D eigenvalue weighted by atomic mass is 16.2. The fourth-order valence-electron chi connectivity index (χ4n) is 4.53. The van der Waals surface area contributed by atoms with Crippen LogP contribution >= 0.6 is 0 Å². The number of hydrogen-bond donors (Lipinski definition) is 1. The van der Waals surface area contributed by atoms with Crippen molar-refractivity contribution in [2.24, 2.45) is 5.92 Å². The summed E-state index contributed by atoms with van der Waals surface area (Å²) in [6.45, 7) is 7.26. The lowest BCUT2D eigenvalue weighted by molar-refractivity contribution is 0.0635. The molecule has 2 aromatic rings. The number of hydrogen-bond acceptors (Lipinski definition) is 3. The van der Waals surface area contributed by atoms with E-state index in [0.29, 0.717) is 0 Å². The highest BCUT2D eigenvalue weighted by Crippen LogP contribution is 2.21. The van der Waals surface area contributed by atoms with E-state index in [2.05, 4.69) is 28.4 Å². The second-order valence-corrected chi connectivity index (χ2v) is 8.00. The van der Waals surface area contributed by atoms with E-state index >= 15 is 0 Å². The third-order valence-corrected chi connectivity index (χ3v) is 6.22. The number of amides is 1. The molecule has 0 aromatic heterocycles. The quantitative estimate of drug-likeness (QED) is 0.882. The van der Waals surface area contributed by atoms with Gasteiger partial charge in [0.2, 0.25) is 0 Å². The molecule has 2 heterocycles. The molecule has 1 amide bonds. The number of nitrogens with zero attached hydrogens (tertiary/aromatic N) is 2. The Balaban J connectivity index is 1.28. The van der Waals surface area contributed by atoms with Gasteiger partial charge in [0.05, 0.1) is 0 Å². The molecule has 0 radical (unpaired) electrons. The lowest BCUT2D eigenvalue weighted by atomic mass is 9.93. The van der Waals surface area contributed by atoms with Crippen molar-refractivity contribution in [2.45, 2.75) is 25.7 Å². The van der Waals surface area contributed by atoms with E-state index in [0.717, 1.165) is 48.4 Å². The number of rotatable bonds is 5. The van der Waals surface area contributed by atoms with Crippen LogP contribution < -0.4 is 5.32 Å². The zero-order valence-corrected chi connectivity index (χ0v) is 16.2. The Morgan fingerprint density at radius 1 is 0.963 bits per heavy atom. The topological polar surface area (TPSA) is 35.6 Å². The smallest absolute Gasteiger partial charge is 0.254 e. The minimum Gasteiger partial charge on any atom is -0.336 e. The van der Waals surface area contributed by atoms with Crippen molar-refractivity contribution in [2.75, 3.05) is 45.8 Å². The van der Waals surface area contributed by atoms with Crippen LogP contribution in [0.5, 0.6) is 0 Å². The molecular formula is C23H31N3O. The lowest BCUT2D eigenvalue weighted by Crippen LogP contribution is -2.48. The van der Waals surface area contributed by atoms with Gasteiger partial charge in [-0.15, -0.1) is 0 Å². The van der Waals surface area contributed by atoms with Crippen LogP contribution in [-0.4, -0.2) is 61.5 Å². The Hall–Kier alpha value is -1.91. The summed E-state index contributed by atoms with van der Waals surface area (Å²) >= 11 is 0. The van der Waals surface area contributed by atoms with Crippen molar-refractivity contribution in [1.29, 1.82) is 0 Å². The fourth-order valence-corrected chi connectivity index (χ4v) is 4.53. The van der Waals surface area contributed by atoms with Gasteiger partial charge < -0.3 is 10.2 Å². The van der Waals surface area contributed by atoms with Crippen LogP contribution in [0.3, 0.4) is 0 Å². The molecule has 4 heteroatoms. The van der Waals surface area contributed by atoms with Gasteiger partial charge in [0.1, 0.15) is 0 Å². The molecule has 2 aliphatic heterocycles. The van der Waals surface area contributed by atoms with E-state index in [1.807, 2.05) is 29.2 Å². The Bertz CT molecular complexity index is 756. The molecule has 0 aliphatic carbocycles. The minimum atomic E-state index is 0.182. The first-order valence-electron chi connectivity index (χ1n) is 10.5. The van der Waals surface area contributed by atoms with Crippen molar-refractivity contribution in [3.05, 3.63) is 48.0 Å². The van der Waals surface area contributed by atoms with E-state index in [-0.39, 0.29) is 5.91 Å². The van der Waals surface area contributed by atoms with Crippen molar-refractivity contribution in [1.82, 2.24) is 15.1 Å². The first-order chi connectivity index (χ1) is 13.3. The summed E-state index contributed by atoms with van der Waals surface area (Å²) in [5.74, 6) is 1.10. The van der Waals surface area contributed by atoms with E-state index < -0.39 is 0 Å². The summed E-state index contributed by atoms with van der Waals surface area (Å²) in [7, 11) is 0. The average molecular weight is 366 g/mol. The number of carbonyl (C=O) groups excluding carboxylic acids is 1. The number of fused-ring (bicyclic) bond motifs is 1. The summed E-state index contributed by atoms with van der Waals surface area (Å²) in [6.07, 6.45) is 5.33. The van der Waals surface area contributed by atoms with Crippen molar-refractivity contribution >= 4 is 16.7 Å². The van der Waals surface area contributed by atoms with Gasteiger partial charge in [-0.25, -0.2) is 0 Å². The number of piperazine rings is 1. The second kappa shape index (κ2) is 8.85. The Morgan fingerprint density at radius 3 is 2.52 bits per heavy atom. The molecule has 2 aliphatic rings. The molecule has 0 unspecified atom stereocenters. The molecule has 27 heavy (non-hydrogen) atoms. The van der Waals surface area contributed by atoms with Crippen LogP contribution in [0.2, 0.25) is 0 Å². The predicted octanol–water partition coefficient (Wildman–Crippen LogP) is 3.38. The van der Waals surface area contributed by atoms with Gasteiger partial charge in [-0.1, -0.05) is 36.4 Å². The molecule has 0 spiro atoms. The molecule has 2 saturated heterocycles. The normalized spacial score (nSPS) is 19.5. The summed E-state index contributed by atoms with van der Waals surface area (Å²) in [4.78, 5) is 17.6. The standard InChI is InChI=1S/C23H31N3O/c27-23(22-9-3-7-20-6-1-2-8-21(20)22)26-17-15-25(16-18-26)14-4-5-19-10-12-24-13-11-19/h1-3,6-9,19,24H,4-5,10-18H2. The first kappa shape index (κ1) is 18.5. The fraction of sp³-hybridized carbons (Fsp3) is 0.522. The molecule has 4 rings (SSSR count). The van der Waals surface area contributed by atoms with Crippen LogP contribution in [0.15, 0.2) is 42.5 Å². The number of carbonyl (C=O) groups is 1. The third kappa shape index (κ3) is 4.50. The highest BCUT2D eigenvalue weighted by Gasteiger charge is 2.23. The molecule has 0 bridgehead atoms. The third-order valence-electron chi connectivity index (χ3n) is 6.22. The number of benzene rings is 2. The molecule has 2 aromatic carbocycles. The Morgan fingerprint density at radius 2 is 1.70 bits per heavy atom. The van der Waals surface area contributed by atoms with Gasteiger partial charge in [0.15, 0.2) is 0 Å². The molecule has 144 valence electrons. The summed E-state index contributed by atoms with van der Waals surface area (Å²) in [5, 5.41) is 5.65. The van der Waals surface area contributed by atoms with Crippen molar-refractivity contribution in [3.63, 3.8) is 0 Å². The molecule has 0 atom stereocenters. The van der Waals surface area contributed by atoms with Gasteiger partial charge in [0, 0.05) is 31.7 Å². The lowest BCUT2D eigenvalue weighted by Gasteiger charge is -2.35. The van der Waals surface area contributed by atoms with Gasteiger partial charge in [-0.3, -0.25) is 9.69 Å². The second-order valence-electron chi connectivity index (χ2n) is 8.00. The molecule has 4 nitrogen and oxygen atoms in total. The number of piperidine rings is 1. The predicted molar refractivity (Wildman–Crippen MR) is 111 cm³/mol. The number of nitrogens with one attached hydrogen (secondary N) is 1. The van der Waals surface area contributed by atoms with Crippen molar-refractivity contribution in [3.8, 4) is 0 Å². The van der Waals surface area contributed by atoms with Crippen LogP contribution in [0, 0.1) is 5.92 Å². The monoisotopic (exact) mass is 365 g/mol. The maximum absolute atomic E-state index is 13.0. The van der Waals surface area contributed by atoms with E-state index in [1.54, 1.807) is 0 Å². The summed E-state index contributed by atoms with van der Waals surface area (Å²) in [6, 6.07) is 14.2. The van der Waals surface area contributed by atoms with E-state index in [1.165, 1.54) is 45.3 Å². The van der Waals surface area contributed by atoms with Gasteiger partial charge in [-0.2, -0.15) is 0 Å². The SMILES string of the molecule is O=C(c1cccc2ccccc12)N1CCN(CCCC2CCNCC2)CC1. The molecular weight excluding hydrogens is 334 g/mol. The highest BCUT2D eigenvalue weighted by molar-refractivity contribution is 6.07. The van der Waals surface area contributed by atoms with Crippen LogP contribution in [-0.2, 0) is 0 Å².